The number of ether oxygens (including phenoxy) is 1. The summed E-state index contributed by atoms with van der Waals surface area (Å²) in [7, 11) is 1.69. The van der Waals surface area contributed by atoms with Gasteiger partial charge in [0.05, 0.1) is 6.61 Å². The minimum absolute atomic E-state index is 0.283. The minimum Gasteiger partial charge on any atom is -0.383 e. The van der Waals surface area contributed by atoms with Gasteiger partial charge in [-0.05, 0) is 31.1 Å². The van der Waals surface area contributed by atoms with E-state index in [4.69, 9.17) is 4.74 Å². The summed E-state index contributed by atoms with van der Waals surface area (Å²) in [6.45, 7) is 3.13. The molecule has 2 aliphatic carbocycles. The van der Waals surface area contributed by atoms with Gasteiger partial charge in [0.2, 0.25) is 5.91 Å². The zero-order valence-corrected chi connectivity index (χ0v) is 10.7. The van der Waals surface area contributed by atoms with Gasteiger partial charge < -0.3 is 15.4 Å². The third-order valence-corrected chi connectivity index (χ3v) is 4.16. The van der Waals surface area contributed by atoms with Gasteiger partial charge in [-0.3, -0.25) is 4.79 Å². The number of hydrogen-bond acceptors (Lipinski definition) is 3. The first-order valence-corrected chi connectivity index (χ1v) is 6.78. The van der Waals surface area contributed by atoms with E-state index in [1.54, 1.807) is 7.11 Å². The van der Waals surface area contributed by atoms with Crippen LogP contribution in [0.1, 0.15) is 25.7 Å². The van der Waals surface area contributed by atoms with Crippen LogP contribution in [0.3, 0.4) is 0 Å². The van der Waals surface area contributed by atoms with Gasteiger partial charge in [0, 0.05) is 32.7 Å². The minimum atomic E-state index is 0.283. The maximum Gasteiger partial charge on any atom is 0.223 e. The summed E-state index contributed by atoms with van der Waals surface area (Å²) in [6.07, 6.45) is 5.06. The molecule has 0 aliphatic heterocycles. The summed E-state index contributed by atoms with van der Waals surface area (Å²) >= 11 is 0. The van der Waals surface area contributed by atoms with Gasteiger partial charge in [-0.15, -0.1) is 0 Å². The lowest BCUT2D eigenvalue weighted by Gasteiger charge is -2.20. The molecule has 0 aromatic carbocycles. The molecule has 0 aromatic heterocycles. The molecule has 2 aliphatic rings. The van der Waals surface area contributed by atoms with E-state index in [2.05, 4.69) is 10.6 Å². The molecule has 2 fully saturated rings. The number of methoxy groups -OCH3 is 1. The first kappa shape index (κ1) is 12.8. The fourth-order valence-electron chi connectivity index (χ4n) is 3.27. The van der Waals surface area contributed by atoms with Crippen LogP contribution in [-0.4, -0.2) is 39.3 Å². The summed E-state index contributed by atoms with van der Waals surface area (Å²) in [4.78, 5) is 12.0. The van der Waals surface area contributed by atoms with Crippen LogP contribution in [0, 0.1) is 17.8 Å². The Morgan fingerprint density at radius 1 is 1.24 bits per heavy atom. The zero-order chi connectivity index (χ0) is 12.1. The number of amides is 1. The van der Waals surface area contributed by atoms with Gasteiger partial charge >= 0.3 is 0 Å². The highest BCUT2D eigenvalue weighted by molar-refractivity contribution is 5.79. The average molecular weight is 240 g/mol. The molecule has 0 heterocycles. The summed E-state index contributed by atoms with van der Waals surface area (Å²) in [6, 6.07) is 0. The Morgan fingerprint density at radius 2 is 2.12 bits per heavy atom. The van der Waals surface area contributed by atoms with E-state index in [9.17, 15) is 4.79 Å². The summed E-state index contributed by atoms with van der Waals surface area (Å²) in [5.74, 6) is 2.12. The molecule has 2 bridgehead atoms. The largest absolute Gasteiger partial charge is 0.383 e. The van der Waals surface area contributed by atoms with Crippen molar-refractivity contribution in [3.05, 3.63) is 0 Å². The van der Waals surface area contributed by atoms with Crippen molar-refractivity contribution in [1.29, 1.82) is 0 Å². The maximum absolute atomic E-state index is 12.0. The summed E-state index contributed by atoms with van der Waals surface area (Å²) in [5, 5.41) is 6.27. The van der Waals surface area contributed by atoms with Gasteiger partial charge in [-0.1, -0.05) is 6.42 Å². The lowest BCUT2D eigenvalue weighted by molar-refractivity contribution is -0.126. The predicted octanol–water partition coefficient (Wildman–Crippen LogP) is 0.775. The highest BCUT2D eigenvalue weighted by Gasteiger charge is 2.42. The van der Waals surface area contributed by atoms with Gasteiger partial charge in [-0.25, -0.2) is 0 Å². The van der Waals surface area contributed by atoms with Crippen molar-refractivity contribution in [1.82, 2.24) is 10.6 Å². The molecule has 98 valence electrons. The molecule has 0 spiro atoms. The van der Waals surface area contributed by atoms with E-state index in [1.807, 2.05) is 0 Å². The quantitative estimate of drug-likeness (QED) is 0.646. The van der Waals surface area contributed by atoms with Crippen LogP contribution in [0.5, 0.6) is 0 Å². The van der Waals surface area contributed by atoms with E-state index >= 15 is 0 Å². The van der Waals surface area contributed by atoms with Crippen molar-refractivity contribution in [2.75, 3.05) is 33.4 Å². The molecule has 0 saturated heterocycles. The van der Waals surface area contributed by atoms with E-state index < -0.39 is 0 Å². The lowest BCUT2D eigenvalue weighted by Crippen LogP contribution is -2.38. The summed E-state index contributed by atoms with van der Waals surface area (Å²) in [5.41, 5.74) is 0. The SMILES string of the molecule is COCCNCCNC(=O)[C@H]1C[C@H]2CC[C@H]1C2. The fourth-order valence-corrected chi connectivity index (χ4v) is 3.27. The molecule has 2 rings (SSSR count). The number of fused-ring (bicyclic) bond motifs is 2. The van der Waals surface area contributed by atoms with E-state index in [0.717, 1.165) is 38.6 Å². The molecular weight excluding hydrogens is 216 g/mol. The van der Waals surface area contributed by atoms with Gasteiger partial charge in [0.1, 0.15) is 0 Å². The maximum atomic E-state index is 12.0. The van der Waals surface area contributed by atoms with Crippen molar-refractivity contribution < 1.29 is 9.53 Å². The highest BCUT2D eigenvalue weighted by atomic mass is 16.5. The van der Waals surface area contributed by atoms with Gasteiger partial charge in [0.25, 0.3) is 0 Å². The van der Waals surface area contributed by atoms with Gasteiger partial charge in [-0.2, -0.15) is 0 Å². The molecule has 3 atom stereocenters. The Hall–Kier alpha value is -0.610. The zero-order valence-electron chi connectivity index (χ0n) is 10.7. The average Bonchev–Trinajstić information content (AvgIpc) is 2.95. The standard InChI is InChI=1S/C13H24N2O2/c1-17-7-6-14-4-5-15-13(16)12-9-10-2-3-11(12)8-10/h10-12,14H,2-9H2,1H3,(H,15,16)/t10-,11-,12-/m0/s1. The van der Waals surface area contributed by atoms with Crippen molar-refractivity contribution in [3.8, 4) is 0 Å². The second-order valence-electron chi connectivity index (χ2n) is 5.32. The Morgan fingerprint density at radius 3 is 2.76 bits per heavy atom. The number of carbonyl (C=O) groups excluding carboxylic acids is 1. The second-order valence-corrected chi connectivity index (χ2v) is 5.32. The van der Waals surface area contributed by atoms with Crippen molar-refractivity contribution in [3.63, 3.8) is 0 Å². The predicted molar refractivity (Wildman–Crippen MR) is 66.7 cm³/mol. The molecule has 0 unspecified atom stereocenters. The molecule has 1 amide bonds. The highest BCUT2D eigenvalue weighted by Crippen LogP contribution is 2.48. The fraction of sp³-hybridized carbons (Fsp3) is 0.923. The van der Waals surface area contributed by atoms with E-state index in [1.165, 1.54) is 19.3 Å². The Labute approximate surface area is 103 Å². The van der Waals surface area contributed by atoms with Gasteiger partial charge in [0.15, 0.2) is 0 Å². The molecule has 4 heteroatoms. The van der Waals surface area contributed by atoms with Crippen LogP contribution in [0.4, 0.5) is 0 Å². The molecule has 0 radical (unpaired) electrons. The normalized spacial score (nSPS) is 30.8. The molecular formula is C13H24N2O2. The molecule has 17 heavy (non-hydrogen) atoms. The number of hydrogen-bond donors (Lipinski definition) is 2. The second kappa shape index (κ2) is 6.36. The van der Waals surface area contributed by atoms with E-state index in [0.29, 0.717) is 11.8 Å². The molecule has 0 aromatic rings. The van der Waals surface area contributed by atoms with Crippen LogP contribution in [-0.2, 0) is 9.53 Å². The van der Waals surface area contributed by atoms with Crippen molar-refractivity contribution in [2.45, 2.75) is 25.7 Å². The Bertz CT molecular complexity index is 258. The van der Waals surface area contributed by atoms with Crippen LogP contribution < -0.4 is 10.6 Å². The summed E-state index contributed by atoms with van der Waals surface area (Å²) < 4.78 is 4.93. The number of carbonyl (C=O) groups is 1. The first-order valence-electron chi connectivity index (χ1n) is 6.78. The van der Waals surface area contributed by atoms with Crippen LogP contribution in [0.2, 0.25) is 0 Å². The van der Waals surface area contributed by atoms with Crippen LogP contribution in [0.15, 0.2) is 0 Å². The smallest absolute Gasteiger partial charge is 0.223 e. The molecule has 2 saturated carbocycles. The monoisotopic (exact) mass is 240 g/mol. The Kier molecular flexibility index (Phi) is 4.80. The lowest BCUT2D eigenvalue weighted by atomic mass is 9.88. The van der Waals surface area contributed by atoms with Crippen LogP contribution >= 0.6 is 0 Å². The third kappa shape index (κ3) is 3.42. The number of rotatable bonds is 7. The van der Waals surface area contributed by atoms with Crippen LogP contribution in [0.25, 0.3) is 0 Å². The van der Waals surface area contributed by atoms with Crippen molar-refractivity contribution >= 4 is 5.91 Å². The number of nitrogens with one attached hydrogen (secondary N) is 2. The molecule has 4 nitrogen and oxygen atoms in total. The van der Waals surface area contributed by atoms with E-state index in [-0.39, 0.29) is 5.91 Å². The molecule has 2 N–H and O–H groups in total. The first-order chi connectivity index (χ1) is 8.31. The Balaban J connectivity index is 1.55. The van der Waals surface area contributed by atoms with Crippen molar-refractivity contribution in [2.24, 2.45) is 17.8 Å². The topological polar surface area (TPSA) is 50.4 Å². The third-order valence-electron chi connectivity index (χ3n) is 4.16.